The van der Waals surface area contributed by atoms with Gasteiger partial charge < -0.3 is 10.6 Å². The van der Waals surface area contributed by atoms with Gasteiger partial charge in [0.05, 0.1) is 5.52 Å². The van der Waals surface area contributed by atoms with Crippen LogP contribution in [0.25, 0.3) is 22.0 Å². The number of piperidine rings is 1. The predicted octanol–water partition coefficient (Wildman–Crippen LogP) is 5.14. The standard InChI is InChI=1S/C25H27N3O/c26-23-10-12-27-24-9-8-19(15-22(23)24)18-6-3-7-20(14-18)25(29)28-13-11-17-4-1-2-5-21(17)16-28/h3,6-10,12,14-15,17,21H,1-2,4-5,11,13,16H2,(H2,26,27)/t17-,21-/m0/s1. The smallest absolute Gasteiger partial charge is 0.253 e. The van der Waals surface area contributed by atoms with Crippen LogP contribution in [0.15, 0.2) is 54.7 Å². The lowest BCUT2D eigenvalue weighted by molar-refractivity contribution is 0.0521. The van der Waals surface area contributed by atoms with Gasteiger partial charge in [-0.05, 0) is 66.1 Å². The second-order valence-corrected chi connectivity index (χ2v) is 8.56. The average Bonchev–Trinajstić information content (AvgIpc) is 2.78. The minimum absolute atomic E-state index is 0.165. The molecule has 3 aromatic rings. The van der Waals surface area contributed by atoms with Gasteiger partial charge in [-0.3, -0.25) is 9.78 Å². The number of pyridine rings is 1. The number of nitrogens with zero attached hydrogens (tertiary/aromatic N) is 2. The molecule has 4 nitrogen and oxygen atoms in total. The Morgan fingerprint density at radius 2 is 1.79 bits per heavy atom. The van der Waals surface area contributed by atoms with Crippen molar-refractivity contribution in [2.24, 2.45) is 11.8 Å². The summed E-state index contributed by atoms with van der Waals surface area (Å²) in [4.78, 5) is 19.7. The van der Waals surface area contributed by atoms with E-state index < -0.39 is 0 Å². The maximum Gasteiger partial charge on any atom is 0.253 e. The van der Waals surface area contributed by atoms with Crippen molar-refractivity contribution in [2.45, 2.75) is 32.1 Å². The number of hydrogen-bond donors (Lipinski definition) is 1. The maximum atomic E-state index is 13.2. The molecule has 1 saturated heterocycles. The Hall–Kier alpha value is -2.88. The third-order valence-electron chi connectivity index (χ3n) is 6.80. The zero-order valence-corrected chi connectivity index (χ0v) is 16.7. The summed E-state index contributed by atoms with van der Waals surface area (Å²) in [5, 5.41) is 0.945. The summed E-state index contributed by atoms with van der Waals surface area (Å²) < 4.78 is 0. The van der Waals surface area contributed by atoms with E-state index in [-0.39, 0.29) is 5.91 Å². The summed E-state index contributed by atoms with van der Waals surface area (Å²) in [5.74, 6) is 1.69. The second kappa shape index (κ2) is 7.51. The van der Waals surface area contributed by atoms with Crippen molar-refractivity contribution in [3.8, 4) is 11.1 Å². The normalized spacial score (nSPS) is 21.7. The molecule has 148 valence electrons. The highest BCUT2D eigenvalue weighted by Crippen LogP contribution is 2.36. The molecule has 5 rings (SSSR count). The SMILES string of the molecule is Nc1ccnc2ccc(-c3cccc(C(=O)N4CC[C@@H]5CCCC[C@H]5C4)c3)cc12. The molecule has 4 heteroatoms. The van der Waals surface area contributed by atoms with Gasteiger partial charge in [0.1, 0.15) is 0 Å². The lowest BCUT2D eigenvalue weighted by atomic mass is 9.75. The van der Waals surface area contributed by atoms with Crippen molar-refractivity contribution < 1.29 is 4.79 Å². The molecule has 1 aliphatic carbocycles. The van der Waals surface area contributed by atoms with Crippen molar-refractivity contribution in [3.63, 3.8) is 0 Å². The van der Waals surface area contributed by atoms with E-state index in [1.54, 1.807) is 6.20 Å². The number of carbonyl (C=O) groups is 1. The summed E-state index contributed by atoms with van der Waals surface area (Å²) in [6.45, 7) is 1.81. The molecule has 2 aliphatic rings. The zero-order valence-electron chi connectivity index (χ0n) is 16.7. The van der Waals surface area contributed by atoms with Gasteiger partial charge in [0.15, 0.2) is 0 Å². The molecule has 1 aliphatic heterocycles. The molecule has 29 heavy (non-hydrogen) atoms. The molecule has 0 radical (unpaired) electrons. The molecule has 1 amide bonds. The number of carbonyl (C=O) groups excluding carboxylic acids is 1. The Bertz CT molecular complexity index is 1060. The number of nitrogens with two attached hydrogens (primary N) is 1. The maximum absolute atomic E-state index is 13.2. The summed E-state index contributed by atoms with van der Waals surface area (Å²) >= 11 is 0. The van der Waals surface area contributed by atoms with E-state index in [1.807, 2.05) is 36.4 Å². The molecular weight excluding hydrogens is 358 g/mol. The van der Waals surface area contributed by atoms with E-state index >= 15 is 0 Å². The van der Waals surface area contributed by atoms with Crippen molar-refractivity contribution in [1.29, 1.82) is 0 Å². The minimum Gasteiger partial charge on any atom is -0.398 e. The first-order valence-corrected chi connectivity index (χ1v) is 10.7. The van der Waals surface area contributed by atoms with Crippen LogP contribution in [-0.2, 0) is 0 Å². The highest BCUT2D eigenvalue weighted by Gasteiger charge is 2.33. The quantitative estimate of drug-likeness (QED) is 0.665. The van der Waals surface area contributed by atoms with Crippen LogP contribution in [0.5, 0.6) is 0 Å². The predicted molar refractivity (Wildman–Crippen MR) is 118 cm³/mol. The van der Waals surface area contributed by atoms with E-state index in [9.17, 15) is 4.79 Å². The highest BCUT2D eigenvalue weighted by molar-refractivity contribution is 5.97. The van der Waals surface area contributed by atoms with Crippen molar-refractivity contribution >= 4 is 22.5 Å². The van der Waals surface area contributed by atoms with Gasteiger partial charge in [-0.2, -0.15) is 0 Å². The minimum atomic E-state index is 0.165. The number of likely N-dealkylation sites (tertiary alicyclic amines) is 1. The monoisotopic (exact) mass is 385 g/mol. The third-order valence-corrected chi connectivity index (χ3v) is 6.80. The molecule has 2 fully saturated rings. The number of aromatic nitrogens is 1. The van der Waals surface area contributed by atoms with Crippen molar-refractivity contribution in [3.05, 3.63) is 60.3 Å². The number of fused-ring (bicyclic) bond motifs is 2. The summed E-state index contributed by atoms with van der Waals surface area (Å²) in [5.41, 5.74) is 10.6. The highest BCUT2D eigenvalue weighted by atomic mass is 16.2. The van der Waals surface area contributed by atoms with E-state index in [2.05, 4.69) is 22.0 Å². The second-order valence-electron chi connectivity index (χ2n) is 8.56. The summed E-state index contributed by atoms with van der Waals surface area (Å²) in [7, 11) is 0. The fourth-order valence-electron chi connectivity index (χ4n) is 5.15. The number of hydrogen-bond acceptors (Lipinski definition) is 3. The van der Waals surface area contributed by atoms with Crippen molar-refractivity contribution in [1.82, 2.24) is 9.88 Å². The largest absolute Gasteiger partial charge is 0.398 e. The average molecular weight is 386 g/mol. The fraction of sp³-hybridized carbons (Fsp3) is 0.360. The Morgan fingerprint density at radius 1 is 0.966 bits per heavy atom. The first-order chi connectivity index (χ1) is 14.2. The van der Waals surface area contributed by atoms with Gasteiger partial charge in [-0.25, -0.2) is 0 Å². The van der Waals surface area contributed by atoms with Crippen LogP contribution in [0.3, 0.4) is 0 Å². The van der Waals surface area contributed by atoms with Crippen LogP contribution in [0.4, 0.5) is 5.69 Å². The van der Waals surface area contributed by atoms with Gasteiger partial charge in [0.2, 0.25) is 0 Å². The van der Waals surface area contributed by atoms with Crippen LogP contribution in [0, 0.1) is 11.8 Å². The molecular formula is C25H27N3O. The Labute approximate surface area is 171 Å². The van der Waals surface area contributed by atoms with E-state index in [0.29, 0.717) is 5.92 Å². The lowest BCUT2D eigenvalue weighted by Crippen LogP contribution is -2.44. The van der Waals surface area contributed by atoms with E-state index in [4.69, 9.17) is 5.73 Å². The lowest BCUT2D eigenvalue weighted by Gasteiger charge is -2.41. The number of rotatable bonds is 2. The van der Waals surface area contributed by atoms with Crippen LogP contribution in [-0.4, -0.2) is 28.9 Å². The molecule has 1 saturated carbocycles. The van der Waals surface area contributed by atoms with Crippen molar-refractivity contribution in [2.75, 3.05) is 18.8 Å². The summed E-state index contributed by atoms with van der Waals surface area (Å²) in [6, 6.07) is 15.9. The number of benzene rings is 2. The van der Waals surface area contributed by atoms with Crippen LogP contribution < -0.4 is 5.73 Å². The third kappa shape index (κ3) is 3.48. The van der Waals surface area contributed by atoms with Crippen LogP contribution >= 0.6 is 0 Å². The first-order valence-electron chi connectivity index (χ1n) is 10.7. The van der Waals surface area contributed by atoms with Gasteiger partial charge in [-0.1, -0.05) is 37.5 Å². The Balaban J connectivity index is 1.41. The molecule has 0 unspecified atom stereocenters. The molecule has 2 atom stereocenters. The molecule has 2 aromatic carbocycles. The Kier molecular flexibility index (Phi) is 4.70. The molecule has 1 aromatic heterocycles. The number of anilines is 1. The number of nitrogen functional groups attached to an aromatic ring is 1. The van der Waals surface area contributed by atoms with Gasteiger partial charge in [0, 0.05) is 35.9 Å². The van der Waals surface area contributed by atoms with Gasteiger partial charge in [0.25, 0.3) is 5.91 Å². The van der Waals surface area contributed by atoms with E-state index in [0.717, 1.165) is 58.7 Å². The van der Waals surface area contributed by atoms with E-state index in [1.165, 1.54) is 25.7 Å². The fourth-order valence-corrected chi connectivity index (χ4v) is 5.15. The molecule has 2 N–H and O–H groups in total. The first kappa shape index (κ1) is 18.2. The zero-order chi connectivity index (χ0) is 19.8. The molecule has 0 bridgehead atoms. The Morgan fingerprint density at radius 3 is 2.69 bits per heavy atom. The topological polar surface area (TPSA) is 59.2 Å². The molecule has 0 spiro atoms. The summed E-state index contributed by atoms with van der Waals surface area (Å²) in [6.07, 6.45) is 8.20. The van der Waals surface area contributed by atoms with Gasteiger partial charge in [-0.15, -0.1) is 0 Å². The van der Waals surface area contributed by atoms with Crippen LogP contribution in [0.1, 0.15) is 42.5 Å². The van der Waals surface area contributed by atoms with Gasteiger partial charge >= 0.3 is 0 Å². The number of amides is 1. The molecule has 2 heterocycles. The van der Waals surface area contributed by atoms with Crippen LogP contribution in [0.2, 0.25) is 0 Å².